The first-order chi connectivity index (χ1) is 16.4. The van der Waals surface area contributed by atoms with Crippen molar-refractivity contribution in [1.82, 2.24) is 13.7 Å². The van der Waals surface area contributed by atoms with Crippen LogP contribution in [0.2, 0.25) is 0 Å². The Morgan fingerprint density at radius 1 is 1.12 bits per heavy atom. The maximum absolute atomic E-state index is 13.2. The highest BCUT2D eigenvalue weighted by Gasteiger charge is 2.29. The average Bonchev–Trinajstić information content (AvgIpc) is 3.55. The molecule has 0 bridgehead atoms. The fourth-order valence-corrected chi connectivity index (χ4v) is 6.85. The lowest BCUT2D eigenvalue weighted by molar-refractivity contribution is -0.117. The van der Waals surface area contributed by atoms with Crippen LogP contribution in [0.5, 0.6) is 0 Å². The van der Waals surface area contributed by atoms with Crippen molar-refractivity contribution in [2.45, 2.75) is 31.6 Å². The van der Waals surface area contributed by atoms with Crippen LogP contribution in [0.3, 0.4) is 0 Å². The summed E-state index contributed by atoms with van der Waals surface area (Å²) in [5, 5.41) is 1.98. The van der Waals surface area contributed by atoms with E-state index in [0.29, 0.717) is 26.1 Å². The predicted molar refractivity (Wildman–Crippen MR) is 135 cm³/mol. The maximum atomic E-state index is 13.2. The van der Waals surface area contributed by atoms with Crippen LogP contribution in [0.4, 0.5) is 5.69 Å². The number of imidazole rings is 1. The number of amides is 1. The topological polar surface area (TPSA) is 75.0 Å². The predicted octanol–water partition coefficient (Wildman–Crippen LogP) is 4.23. The number of anilines is 1. The van der Waals surface area contributed by atoms with Crippen molar-refractivity contribution in [2.75, 3.05) is 24.5 Å². The number of fused-ring (bicyclic) bond motifs is 2. The molecule has 0 saturated heterocycles. The second kappa shape index (κ2) is 8.98. The molecule has 1 amide bonds. The third-order valence-electron chi connectivity index (χ3n) is 6.28. The third-order valence-corrected chi connectivity index (χ3v) is 9.21. The number of sulfonamides is 1. The third kappa shape index (κ3) is 3.93. The molecule has 0 N–H and O–H groups in total. The van der Waals surface area contributed by atoms with Gasteiger partial charge in [0.2, 0.25) is 15.9 Å². The van der Waals surface area contributed by atoms with E-state index in [1.165, 1.54) is 15.6 Å². The maximum Gasteiger partial charge on any atom is 0.243 e. The van der Waals surface area contributed by atoms with Gasteiger partial charge in [0.05, 0.1) is 17.0 Å². The lowest BCUT2D eigenvalue weighted by Gasteiger charge is -2.20. The summed E-state index contributed by atoms with van der Waals surface area (Å²) in [6.45, 7) is 5.07. The van der Waals surface area contributed by atoms with Gasteiger partial charge in [-0.15, -0.1) is 11.3 Å². The molecule has 0 saturated carbocycles. The number of hydrogen-bond donors (Lipinski definition) is 0. The van der Waals surface area contributed by atoms with Gasteiger partial charge in [0.15, 0.2) is 4.96 Å². The van der Waals surface area contributed by atoms with E-state index in [4.69, 9.17) is 4.98 Å². The van der Waals surface area contributed by atoms with Crippen LogP contribution in [0.25, 0.3) is 16.2 Å². The van der Waals surface area contributed by atoms with Crippen LogP contribution in [0.15, 0.2) is 65.0 Å². The normalized spacial score (nSPS) is 13.7. The number of nitrogens with zero attached hydrogens (tertiary/aromatic N) is 4. The smallest absolute Gasteiger partial charge is 0.243 e. The minimum Gasteiger partial charge on any atom is -0.311 e. The van der Waals surface area contributed by atoms with E-state index in [0.717, 1.165) is 33.2 Å². The SMILES string of the molecule is CCN(CC)S(=O)(=O)c1ccc2c(c1)CCN2C(=O)Cc1csc2nc(-c3ccccc3)cn12. The van der Waals surface area contributed by atoms with Gasteiger partial charge in [-0.1, -0.05) is 44.2 Å². The fourth-order valence-electron chi connectivity index (χ4n) is 4.47. The molecule has 176 valence electrons. The van der Waals surface area contributed by atoms with Crippen molar-refractivity contribution in [1.29, 1.82) is 0 Å². The molecule has 2 aromatic carbocycles. The lowest BCUT2D eigenvalue weighted by atomic mass is 10.2. The number of rotatable bonds is 7. The molecule has 3 heterocycles. The molecule has 1 aliphatic heterocycles. The second-order valence-electron chi connectivity index (χ2n) is 8.22. The number of thiazole rings is 1. The van der Waals surface area contributed by atoms with Crippen molar-refractivity contribution < 1.29 is 13.2 Å². The molecule has 0 radical (unpaired) electrons. The van der Waals surface area contributed by atoms with Crippen LogP contribution >= 0.6 is 11.3 Å². The minimum atomic E-state index is -3.53. The van der Waals surface area contributed by atoms with Crippen molar-refractivity contribution in [2.24, 2.45) is 0 Å². The zero-order valence-electron chi connectivity index (χ0n) is 19.1. The van der Waals surface area contributed by atoms with Crippen LogP contribution in [-0.2, 0) is 27.7 Å². The van der Waals surface area contributed by atoms with Gasteiger partial charge in [0, 0.05) is 48.2 Å². The van der Waals surface area contributed by atoms with Crippen LogP contribution in [0, 0.1) is 0 Å². The monoisotopic (exact) mass is 494 g/mol. The Labute approximate surface area is 203 Å². The van der Waals surface area contributed by atoms with Gasteiger partial charge in [-0.25, -0.2) is 13.4 Å². The van der Waals surface area contributed by atoms with Gasteiger partial charge < -0.3 is 4.90 Å². The largest absolute Gasteiger partial charge is 0.311 e. The van der Waals surface area contributed by atoms with Crippen LogP contribution < -0.4 is 4.90 Å². The van der Waals surface area contributed by atoms with E-state index in [1.54, 1.807) is 23.1 Å². The molecule has 0 aliphatic carbocycles. The molecular formula is C25H26N4O3S2. The highest BCUT2D eigenvalue weighted by Crippen LogP contribution is 2.32. The summed E-state index contributed by atoms with van der Waals surface area (Å²) in [6.07, 6.45) is 2.88. The van der Waals surface area contributed by atoms with E-state index in [2.05, 4.69) is 0 Å². The molecule has 7 nitrogen and oxygen atoms in total. The summed E-state index contributed by atoms with van der Waals surface area (Å²) in [4.78, 5) is 20.9. The summed E-state index contributed by atoms with van der Waals surface area (Å²) in [6, 6.07) is 15.1. The lowest BCUT2D eigenvalue weighted by Crippen LogP contribution is -2.31. The second-order valence-corrected chi connectivity index (χ2v) is 11.0. The van der Waals surface area contributed by atoms with Crippen molar-refractivity contribution in [3.05, 3.63) is 71.4 Å². The summed E-state index contributed by atoms with van der Waals surface area (Å²) >= 11 is 1.52. The Kier molecular flexibility index (Phi) is 6.01. The fraction of sp³-hybridized carbons (Fsp3) is 0.280. The zero-order chi connectivity index (χ0) is 23.9. The first kappa shape index (κ1) is 22.8. The molecule has 34 heavy (non-hydrogen) atoms. The Hall–Kier alpha value is -3.01. The van der Waals surface area contributed by atoms with Gasteiger partial charge in [0.25, 0.3) is 0 Å². The first-order valence-corrected chi connectivity index (χ1v) is 13.7. The molecular weight excluding hydrogens is 468 g/mol. The highest BCUT2D eigenvalue weighted by molar-refractivity contribution is 7.89. The Morgan fingerprint density at radius 2 is 1.88 bits per heavy atom. The van der Waals surface area contributed by atoms with Gasteiger partial charge in [0.1, 0.15) is 0 Å². The number of carbonyl (C=O) groups is 1. The van der Waals surface area contributed by atoms with Crippen LogP contribution in [-0.4, -0.2) is 47.6 Å². The Morgan fingerprint density at radius 3 is 2.62 bits per heavy atom. The van der Waals surface area contributed by atoms with Crippen molar-refractivity contribution in [3.8, 4) is 11.3 Å². The zero-order valence-corrected chi connectivity index (χ0v) is 20.8. The van der Waals surface area contributed by atoms with Gasteiger partial charge >= 0.3 is 0 Å². The average molecular weight is 495 g/mol. The molecule has 9 heteroatoms. The van der Waals surface area contributed by atoms with E-state index in [-0.39, 0.29) is 17.2 Å². The van der Waals surface area contributed by atoms with Gasteiger partial charge in [-0.2, -0.15) is 4.31 Å². The molecule has 4 aromatic rings. The summed E-state index contributed by atoms with van der Waals surface area (Å²) in [7, 11) is -3.53. The van der Waals surface area contributed by atoms with Crippen molar-refractivity contribution in [3.63, 3.8) is 0 Å². The molecule has 0 unspecified atom stereocenters. The molecule has 5 rings (SSSR count). The molecule has 2 aromatic heterocycles. The van der Waals surface area contributed by atoms with Gasteiger partial charge in [-0.05, 0) is 30.2 Å². The molecule has 0 atom stereocenters. The van der Waals surface area contributed by atoms with Crippen molar-refractivity contribution >= 4 is 37.9 Å². The first-order valence-electron chi connectivity index (χ1n) is 11.4. The summed E-state index contributed by atoms with van der Waals surface area (Å²) in [5.41, 5.74) is 4.51. The molecule has 1 aliphatic rings. The van der Waals surface area contributed by atoms with Crippen LogP contribution in [0.1, 0.15) is 25.1 Å². The highest BCUT2D eigenvalue weighted by atomic mass is 32.2. The molecule has 0 fully saturated rings. The Balaban J connectivity index is 1.37. The number of carbonyl (C=O) groups excluding carboxylic acids is 1. The molecule has 0 spiro atoms. The number of aromatic nitrogens is 2. The number of benzene rings is 2. The van der Waals surface area contributed by atoms with E-state index in [9.17, 15) is 13.2 Å². The quantitative estimate of drug-likeness (QED) is 0.385. The number of hydrogen-bond acceptors (Lipinski definition) is 5. The van der Waals surface area contributed by atoms with E-state index >= 15 is 0 Å². The van der Waals surface area contributed by atoms with Gasteiger partial charge in [-0.3, -0.25) is 9.20 Å². The van der Waals surface area contributed by atoms with E-state index < -0.39 is 10.0 Å². The minimum absolute atomic E-state index is 0.00670. The van der Waals surface area contributed by atoms with E-state index in [1.807, 2.05) is 60.2 Å². The Bertz CT molecular complexity index is 1450. The standard InChI is InChI=1S/C25H26N4O3S2/c1-3-27(4-2)34(31,32)21-10-11-23-19(14-21)12-13-28(23)24(30)15-20-17-33-25-26-22(16-29(20)25)18-8-6-5-7-9-18/h5-11,14,16-17H,3-4,12-13,15H2,1-2H3. The summed E-state index contributed by atoms with van der Waals surface area (Å²) < 4.78 is 29.2. The summed E-state index contributed by atoms with van der Waals surface area (Å²) in [5.74, 6) is -0.00670.